The number of methoxy groups -OCH3 is 1. The number of carbonyl (C=O) groups excluding carboxylic acids is 1. The number of hydrogen-bond acceptors (Lipinski definition) is 7. The number of pyridine rings is 1. The zero-order chi connectivity index (χ0) is 27.1. The highest BCUT2D eigenvalue weighted by atomic mass is 19.4. The second-order valence-corrected chi connectivity index (χ2v) is 10.1. The molecule has 3 N–H and O–H groups in total. The normalized spacial score (nSPS) is 22.7. The van der Waals surface area contributed by atoms with Crippen molar-refractivity contribution in [1.82, 2.24) is 25.0 Å². The zero-order valence-corrected chi connectivity index (χ0v) is 21.3. The molecule has 2 aromatic heterocycles. The van der Waals surface area contributed by atoms with Crippen LogP contribution in [0.2, 0.25) is 0 Å². The molecule has 3 heterocycles. The van der Waals surface area contributed by atoms with E-state index in [1.807, 2.05) is 6.07 Å². The Balaban J connectivity index is 1.09. The van der Waals surface area contributed by atoms with E-state index in [-0.39, 0.29) is 24.3 Å². The van der Waals surface area contributed by atoms with Gasteiger partial charge in [-0.1, -0.05) is 0 Å². The van der Waals surface area contributed by atoms with Gasteiger partial charge in [-0.25, -0.2) is 4.98 Å². The third kappa shape index (κ3) is 5.28. The molecule has 9 nitrogen and oxygen atoms in total. The van der Waals surface area contributed by atoms with Crippen molar-refractivity contribution in [3.05, 3.63) is 47.7 Å². The molecule has 1 saturated heterocycles. The van der Waals surface area contributed by atoms with Crippen LogP contribution in [0.15, 0.2) is 36.5 Å². The summed E-state index contributed by atoms with van der Waals surface area (Å²) in [4.78, 5) is 19.0. The van der Waals surface area contributed by atoms with Gasteiger partial charge in [0, 0.05) is 49.4 Å². The van der Waals surface area contributed by atoms with E-state index in [0.717, 1.165) is 43.6 Å². The summed E-state index contributed by atoms with van der Waals surface area (Å²) in [6.45, 7) is 1.35. The summed E-state index contributed by atoms with van der Waals surface area (Å²) in [7, 11) is 3.20. The van der Waals surface area contributed by atoms with Crippen LogP contribution in [0.1, 0.15) is 36.8 Å². The molecule has 0 radical (unpaired) electrons. The molecular formula is C26H31F3N6O3. The van der Waals surface area contributed by atoms with Crippen molar-refractivity contribution in [1.29, 1.82) is 0 Å². The number of alkyl halides is 3. The van der Waals surface area contributed by atoms with E-state index < -0.39 is 17.3 Å². The fourth-order valence-corrected chi connectivity index (χ4v) is 5.43. The molecular weight excluding hydrogens is 501 g/mol. The average molecular weight is 533 g/mol. The number of likely N-dealkylation sites (tertiary alicyclic amines) is 1. The Morgan fingerprint density at radius 1 is 1.21 bits per heavy atom. The van der Waals surface area contributed by atoms with E-state index >= 15 is 0 Å². The molecule has 5 rings (SSSR count). The fraction of sp³-hybridized carbons (Fsp3) is 0.500. The Morgan fingerprint density at radius 3 is 2.58 bits per heavy atom. The van der Waals surface area contributed by atoms with Crippen molar-refractivity contribution in [2.24, 2.45) is 7.05 Å². The van der Waals surface area contributed by atoms with Gasteiger partial charge in [0.15, 0.2) is 5.82 Å². The molecule has 0 atom stereocenters. The number of nitrogens with one attached hydrogen (secondary N) is 2. The molecule has 1 aliphatic heterocycles. The maximum Gasteiger partial charge on any atom is 0.416 e. The highest BCUT2D eigenvalue weighted by molar-refractivity contribution is 5.92. The molecule has 1 aliphatic carbocycles. The lowest BCUT2D eigenvalue weighted by Crippen LogP contribution is -2.63. The first-order valence-electron chi connectivity index (χ1n) is 12.6. The number of aryl methyl sites for hydroxylation is 1. The fourth-order valence-electron chi connectivity index (χ4n) is 5.43. The molecule has 0 spiro atoms. The van der Waals surface area contributed by atoms with Crippen molar-refractivity contribution in [3.8, 4) is 5.88 Å². The predicted molar refractivity (Wildman–Crippen MR) is 135 cm³/mol. The van der Waals surface area contributed by atoms with Crippen LogP contribution in [0.25, 0.3) is 10.9 Å². The first kappa shape index (κ1) is 26.2. The molecule has 2 aliphatic rings. The number of amides is 1. The monoisotopic (exact) mass is 532 g/mol. The van der Waals surface area contributed by atoms with Gasteiger partial charge in [-0.2, -0.15) is 18.3 Å². The van der Waals surface area contributed by atoms with Gasteiger partial charge in [-0.3, -0.25) is 14.4 Å². The molecule has 0 unspecified atom stereocenters. The Morgan fingerprint density at radius 2 is 1.95 bits per heavy atom. The van der Waals surface area contributed by atoms with Crippen LogP contribution in [0, 0.1) is 0 Å². The minimum absolute atomic E-state index is 0.00760. The molecule has 38 heavy (non-hydrogen) atoms. The van der Waals surface area contributed by atoms with Crippen LogP contribution in [-0.2, 0) is 23.6 Å². The smallest absolute Gasteiger partial charge is 0.416 e. The molecule has 2 fully saturated rings. The van der Waals surface area contributed by atoms with E-state index in [1.165, 1.54) is 10.7 Å². The third-order valence-electron chi connectivity index (χ3n) is 7.65. The van der Waals surface area contributed by atoms with Crippen molar-refractivity contribution in [2.75, 3.05) is 32.1 Å². The largest absolute Gasteiger partial charge is 0.481 e. The van der Waals surface area contributed by atoms with Gasteiger partial charge in [0.05, 0.1) is 36.4 Å². The number of anilines is 1. The van der Waals surface area contributed by atoms with Gasteiger partial charge < -0.3 is 20.5 Å². The molecule has 1 aromatic carbocycles. The number of ether oxygens (including phenoxy) is 1. The number of carbonyl (C=O) groups is 1. The number of rotatable bonds is 7. The second kappa shape index (κ2) is 10.1. The topological polar surface area (TPSA) is 105 Å². The minimum atomic E-state index is -4.46. The van der Waals surface area contributed by atoms with Crippen molar-refractivity contribution in [3.63, 3.8) is 0 Å². The van der Waals surface area contributed by atoms with E-state index in [9.17, 15) is 23.1 Å². The molecule has 204 valence electrons. The highest BCUT2D eigenvalue weighted by Crippen LogP contribution is 2.39. The number of aromatic nitrogens is 3. The molecule has 1 saturated carbocycles. The Hall–Kier alpha value is -3.38. The second-order valence-electron chi connectivity index (χ2n) is 10.1. The van der Waals surface area contributed by atoms with E-state index in [2.05, 4.69) is 25.6 Å². The maximum atomic E-state index is 13.1. The summed E-state index contributed by atoms with van der Waals surface area (Å²) >= 11 is 0. The number of nitrogens with zero attached hydrogens (tertiary/aromatic N) is 4. The summed E-state index contributed by atoms with van der Waals surface area (Å²) in [5, 5.41) is 21.5. The number of hydrogen-bond donors (Lipinski definition) is 3. The lowest BCUT2D eigenvalue weighted by molar-refractivity contribution is -0.137. The first-order valence-corrected chi connectivity index (χ1v) is 12.6. The average Bonchev–Trinajstić information content (AvgIpc) is 3.20. The molecule has 1 amide bonds. The SMILES string of the molecule is COc1ccc([C@]2(O)CC[C@H](N3CC(NC(=O)CNc4nn(C)c5ccc(C(F)(F)F)cc45)C3)CC2)cn1. The van der Waals surface area contributed by atoms with Crippen molar-refractivity contribution in [2.45, 2.75) is 49.5 Å². The van der Waals surface area contributed by atoms with Gasteiger partial charge in [0.1, 0.15) is 0 Å². The summed E-state index contributed by atoms with van der Waals surface area (Å²) in [6, 6.07) is 7.41. The number of halogens is 3. The standard InChI is InChI=1S/C26H31F3N6O3/c1-34-21-5-3-16(26(27,28)29)11-20(21)24(33-34)31-13-22(36)32-18-14-35(15-18)19-7-9-25(37,10-8-19)17-4-6-23(38-2)30-12-17/h3-6,11-12,18-19,37H,7-10,13-15H2,1-2H3,(H,31,33)(H,32,36)/t19-,25-. The van der Waals surface area contributed by atoms with Gasteiger partial charge >= 0.3 is 6.18 Å². The molecule has 0 bridgehead atoms. The first-order chi connectivity index (χ1) is 18.1. The zero-order valence-electron chi connectivity index (χ0n) is 21.3. The minimum Gasteiger partial charge on any atom is -0.481 e. The maximum absolute atomic E-state index is 13.1. The van der Waals surface area contributed by atoms with Gasteiger partial charge in [-0.05, 0) is 49.9 Å². The summed E-state index contributed by atoms with van der Waals surface area (Å²) < 4.78 is 46.0. The summed E-state index contributed by atoms with van der Waals surface area (Å²) in [5.41, 5.74) is -0.315. The lowest BCUT2D eigenvalue weighted by Gasteiger charge is -2.48. The van der Waals surface area contributed by atoms with Gasteiger partial charge in [-0.15, -0.1) is 0 Å². The highest BCUT2D eigenvalue weighted by Gasteiger charge is 2.40. The van der Waals surface area contributed by atoms with Gasteiger partial charge in [0.2, 0.25) is 11.8 Å². The number of benzene rings is 1. The number of aliphatic hydroxyl groups is 1. The molecule has 3 aromatic rings. The van der Waals surface area contributed by atoms with Crippen LogP contribution in [0.4, 0.5) is 19.0 Å². The van der Waals surface area contributed by atoms with E-state index in [0.29, 0.717) is 35.7 Å². The Labute approximate surface area is 218 Å². The summed E-state index contributed by atoms with van der Waals surface area (Å²) in [5.74, 6) is 0.505. The van der Waals surface area contributed by atoms with Crippen LogP contribution >= 0.6 is 0 Å². The Bertz CT molecular complexity index is 1300. The quantitative estimate of drug-likeness (QED) is 0.430. The van der Waals surface area contributed by atoms with Crippen LogP contribution in [0.5, 0.6) is 5.88 Å². The van der Waals surface area contributed by atoms with Gasteiger partial charge in [0.25, 0.3) is 0 Å². The summed E-state index contributed by atoms with van der Waals surface area (Å²) in [6.07, 6.45) is 0.174. The number of fused-ring (bicyclic) bond motifs is 1. The Kier molecular flexibility index (Phi) is 6.95. The van der Waals surface area contributed by atoms with Crippen LogP contribution in [0.3, 0.4) is 0 Å². The van der Waals surface area contributed by atoms with Crippen molar-refractivity contribution >= 4 is 22.6 Å². The van der Waals surface area contributed by atoms with Crippen LogP contribution < -0.4 is 15.4 Å². The lowest BCUT2D eigenvalue weighted by atomic mass is 9.77. The third-order valence-corrected chi connectivity index (χ3v) is 7.65. The van der Waals surface area contributed by atoms with E-state index in [4.69, 9.17) is 4.74 Å². The predicted octanol–water partition coefficient (Wildman–Crippen LogP) is 3.04. The van der Waals surface area contributed by atoms with Crippen molar-refractivity contribution < 1.29 is 27.8 Å². The van der Waals surface area contributed by atoms with E-state index in [1.54, 1.807) is 26.4 Å². The molecule has 12 heteroatoms. The van der Waals surface area contributed by atoms with Crippen LogP contribution in [-0.4, -0.2) is 69.5 Å².